The molecule has 7 aromatic carbocycles. The van der Waals surface area contributed by atoms with E-state index in [-0.39, 0.29) is 0 Å². The summed E-state index contributed by atoms with van der Waals surface area (Å²) in [5.41, 5.74) is 13.0. The van der Waals surface area contributed by atoms with Crippen LogP contribution in [0.15, 0.2) is 180 Å². The van der Waals surface area contributed by atoms with Crippen molar-refractivity contribution in [1.82, 2.24) is 4.57 Å². The Balaban J connectivity index is 1.10. The SMILES string of the molecule is C1=C(c2cccc3sc4ccccc4c23)CC2C(=C1)Sc1cccc(-n3c4ccc(-c5ccccc5)cc4c4cc(-c5ccccc5)ccc43)c12. The summed E-state index contributed by atoms with van der Waals surface area (Å²) in [5.74, 6) is 0.307. The van der Waals surface area contributed by atoms with Crippen LogP contribution in [0.3, 0.4) is 0 Å². The number of fused-ring (bicyclic) bond motifs is 9. The molecule has 9 aromatic rings. The van der Waals surface area contributed by atoms with Crippen molar-refractivity contribution in [3.05, 3.63) is 186 Å². The van der Waals surface area contributed by atoms with Gasteiger partial charge in [0.15, 0.2) is 0 Å². The number of benzene rings is 7. The molecule has 0 fully saturated rings. The third kappa shape index (κ3) is 4.55. The highest BCUT2D eigenvalue weighted by Gasteiger charge is 2.34. The zero-order chi connectivity index (χ0) is 33.5. The number of nitrogens with zero attached hydrogens (tertiary/aromatic N) is 1. The molecule has 1 atom stereocenters. The predicted octanol–water partition coefficient (Wildman–Crippen LogP) is 14.0. The van der Waals surface area contributed by atoms with E-state index < -0.39 is 0 Å². The van der Waals surface area contributed by atoms with Gasteiger partial charge in [-0.2, -0.15) is 0 Å². The molecule has 2 aliphatic rings. The highest BCUT2D eigenvalue weighted by Crippen LogP contribution is 2.56. The van der Waals surface area contributed by atoms with Crippen molar-refractivity contribution in [3.63, 3.8) is 0 Å². The average molecular weight is 686 g/mol. The normalized spacial score (nSPS) is 15.3. The Bertz CT molecular complexity index is 2810. The number of thioether (sulfide) groups is 1. The largest absolute Gasteiger partial charge is 0.309 e. The first-order chi connectivity index (χ1) is 25.3. The number of hydrogen-bond donors (Lipinski definition) is 0. The lowest BCUT2D eigenvalue weighted by atomic mass is 9.83. The summed E-state index contributed by atoms with van der Waals surface area (Å²) >= 11 is 3.85. The van der Waals surface area contributed by atoms with E-state index in [0.29, 0.717) is 5.92 Å². The number of rotatable bonds is 4. The number of thiophene rings is 1. The minimum absolute atomic E-state index is 0.307. The lowest BCUT2D eigenvalue weighted by Gasteiger charge is -2.23. The van der Waals surface area contributed by atoms with Crippen molar-refractivity contribution >= 4 is 70.6 Å². The van der Waals surface area contributed by atoms with Gasteiger partial charge in [-0.15, -0.1) is 11.3 Å². The lowest BCUT2D eigenvalue weighted by molar-refractivity contribution is 0.840. The molecule has 0 bridgehead atoms. The van der Waals surface area contributed by atoms with Gasteiger partial charge in [-0.1, -0.05) is 133 Å². The first-order valence-corrected chi connectivity index (χ1v) is 19.2. The first-order valence-electron chi connectivity index (χ1n) is 17.6. The lowest BCUT2D eigenvalue weighted by Crippen LogP contribution is -2.07. The van der Waals surface area contributed by atoms with Gasteiger partial charge in [0.2, 0.25) is 0 Å². The Morgan fingerprint density at radius 1 is 0.510 bits per heavy atom. The van der Waals surface area contributed by atoms with Crippen LogP contribution in [-0.2, 0) is 0 Å². The first kappa shape index (κ1) is 29.2. The predicted molar refractivity (Wildman–Crippen MR) is 220 cm³/mol. The Morgan fingerprint density at radius 3 is 1.88 bits per heavy atom. The summed E-state index contributed by atoms with van der Waals surface area (Å²) in [6, 6.07) is 58.2. The molecule has 3 heteroatoms. The molecule has 0 N–H and O–H groups in total. The quantitative estimate of drug-likeness (QED) is 0.178. The highest BCUT2D eigenvalue weighted by molar-refractivity contribution is 8.03. The zero-order valence-electron chi connectivity index (χ0n) is 27.7. The molecule has 3 heterocycles. The highest BCUT2D eigenvalue weighted by atomic mass is 32.2. The van der Waals surface area contributed by atoms with Gasteiger partial charge in [-0.25, -0.2) is 0 Å². The molecule has 1 nitrogen and oxygen atoms in total. The van der Waals surface area contributed by atoms with Gasteiger partial charge in [0.25, 0.3) is 0 Å². The number of hydrogen-bond acceptors (Lipinski definition) is 2. The van der Waals surface area contributed by atoms with E-state index in [1.165, 1.54) is 96.4 Å². The molecule has 1 aliphatic carbocycles. The molecule has 0 spiro atoms. The van der Waals surface area contributed by atoms with Gasteiger partial charge in [0.05, 0.1) is 16.7 Å². The molecule has 240 valence electrons. The summed E-state index contributed by atoms with van der Waals surface area (Å²) < 4.78 is 5.26. The minimum atomic E-state index is 0.307. The van der Waals surface area contributed by atoms with Gasteiger partial charge >= 0.3 is 0 Å². The van der Waals surface area contributed by atoms with Crippen molar-refractivity contribution in [1.29, 1.82) is 0 Å². The number of allylic oxidation sites excluding steroid dienone is 4. The van der Waals surface area contributed by atoms with Crippen LogP contribution in [0.4, 0.5) is 0 Å². The standard InChI is InChI=1S/C48H31NS2/c1-3-11-30(12-4-1)32-21-24-40-37(27-32)38-28-33(31-13-5-2-6-14-31)22-25-41(38)49(40)42-17-10-20-46-48(42)39-29-34(23-26-44(39)51-46)35-16-9-19-45-47(35)36-15-7-8-18-43(36)50-45/h1-28,39H,29H2. The fourth-order valence-corrected chi connectivity index (χ4v) is 10.8. The van der Waals surface area contributed by atoms with Crippen molar-refractivity contribution in [2.24, 2.45) is 0 Å². The van der Waals surface area contributed by atoms with E-state index in [2.05, 4.69) is 174 Å². The number of aromatic nitrogens is 1. The van der Waals surface area contributed by atoms with Crippen molar-refractivity contribution < 1.29 is 0 Å². The topological polar surface area (TPSA) is 4.93 Å². The monoisotopic (exact) mass is 685 g/mol. The maximum Gasteiger partial charge on any atom is 0.0541 e. The summed E-state index contributed by atoms with van der Waals surface area (Å²) in [7, 11) is 0. The Labute approximate surface area is 304 Å². The van der Waals surface area contributed by atoms with E-state index >= 15 is 0 Å². The van der Waals surface area contributed by atoms with Gasteiger partial charge < -0.3 is 4.57 Å². The van der Waals surface area contributed by atoms with E-state index in [1.54, 1.807) is 0 Å². The Hall–Kier alpha value is -5.61. The molecule has 1 unspecified atom stereocenters. The molecule has 2 aromatic heterocycles. The van der Waals surface area contributed by atoms with Crippen molar-refractivity contribution in [2.45, 2.75) is 17.2 Å². The van der Waals surface area contributed by atoms with Gasteiger partial charge in [-0.05, 0) is 98.8 Å². The van der Waals surface area contributed by atoms with E-state index in [1.807, 2.05) is 23.1 Å². The Kier molecular flexibility index (Phi) is 6.55. The summed E-state index contributed by atoms with van der Waals surface area (Å²) in [4.78, 5) is 2.82. The summed E-state index contributed by atoms with van der Waals surface area (Å²) in [5, 5.41) is 5.32. The zero-order valence-corrected chi connectivity index (χ0v) is 29.3. The van der Waals surface area contributed by atoms with Crippen molar-refractivity contribution in [3.8, 4) is 27.9 Å². The van der Waals surface area contributed by atoms with Crippen LogP contribution < -0.4 is 0 Å². The molecular weight excluding hydrogens is 655 g/mol. The second kappa shape index (κ2) is 11.5. The molecule has 0 saturated heterocycles. The maximum atomic E-state index is 2.54. The van der Waals surface area contributed by atoms with Gasteiger partial charge in [-0.3, -0.25) is 0 Å². The molecule has 11 rings (SSSR count). The van der Waals surface area contributed by atoms with Crippen LogP contribution >= 0.6 is 23.1 Å². The molecule has 0 saturated carbocycles. The molecule has 1 aliphatic heterocycles. The fraction of sp³-hybridized carbons (Fsp3) is 0.0417. The van der Waals surface area contributed by atoms with E-state index in [0.717, 1.165) is 6.42 Å². The Morgan fingerprint density at radius 2 is 1.16 bits per heavy atom. The van der Waals surface area contributed by atoms with Crippen LogP contribution in [-0.4, -0.2) is 4.57 Å². The fourth-order valence-electron chi connectivity index (χ4n) is 8.48. The van der Waals surface area contributed by atoms with Crippen molar-refractivity contribution in [2.75, 3.05) is 0 Å². The van der Waals surface area contributed by atoms with Crippen LogP contribution in [0.2, 0.25) is 0 Å². The second-order valence-corrected chi connectivity index (χ2v) is 15.8. The summed E-state index contributed by atoms with van der Waals surface area (Å²) in [6.45, 7) is 0. The minimum Gasteiger partial charge on any atom is -0.309 e. The third-order valence-electron chi connectivity index (χ3n) is 10.8. The molecule has 0 amide bonds. The van der Waals surface area contributed by atoms with Gasteiger partial charge in [0.1, 0.15) is 0 Å². The van der Waals surface area contributed by atoms with Gasteiger partial charge in [0, 0.05) is 41.8 Å². The van der Waals surface area contributed by atoms with Crippen LogP contribution in [0.25, 0.3) is 75.5 Å². The smallest absolute Gasteiger partial charge is 0.0541 e. The third-order valence-corrected chi connectivity index (χ3v) is 13.2. The molecule has 51 heavy (non-hydrogen) atoms. The van der Waals surface area contributed by atoms with E-state index in [4.69, 9.17) is 0 Å². The maximum absolute atomic E-state index is 2.54. The van der Waals surface area contributed by atoms with Crippen LogP contribution in [0.1, 0.15) is 23.5 Å². The van der Waals surface area contributed by atoms with E-state index in [9.17, 15) is 0 Å². The molecule has 0 radical (unpaired) electrons. The van der Waals surface area contributed by atoms with Crippen LogP contribution in [0, 0.1) is 0 Å². The summed E-state index contributed by atoms with van der Waals surface area (Å²) in [6.07, 6.45) is 5.78. The molecular formula is C48H31NS2. The second-order valence-electron chi connectivity index (χ2n) is 13.6. The van der Waals surface area contributed by atoms with Crippen LogP contribution in [0.5, 0.6) is 0 Å². The average Bonchev–Trinajstić information content (AvgIpc) is 3.87.